The number of anilines is 1. The largest absolute Gasteiger partial charge is 0.361 e. The Morgan fingerprint density at radius 2 is 1.59 bits per heavy atom. The molecule has 0 radical (unpaired) electrons. The molecular formula is C62H52N2. The molecule has 2 heteroatoms. The maximum atomic E-state index is 5.82. The quantitative estimate of drug-likeness (QED) is 0.0831. The second kappa shape index (κ2) is 19.5. The highest BCUT2D eigenvalue weighted by atomic mass is 15.2. The van der Waals surface area contributed by atoms with Crippen molar-refractivity contribution in [2.75, 3.05) is 11.4 Å². The summed E-state index contributed by atoms with van der Waals surface area (Å²) >= 11 is 0. The van der Waals surface area contributed by atoms with Gasteiger partial charge in [0.2, 0.25) is 0 Å². The topological polar surface area (TPSA) is 8.17 Å². The first kappa shape index (κ1) is 41.5. The number of benzene rings is 6. The van der Waals surface area contributed by atoms with E-state index >= 15 is 0 Å². The molecule has 1 aromatic heterocycles. The van der Waals surface area contributed by atoms with Crippen molar-refractivity contribution in [3.05, 3.63) is 248 Å². The van der Waals surface area contributed by atoms with Gasteiger partial charge in [0.25, 0.3) is 0 Å². The predicted octanol–water partition coefficient (Wildman–Crippen LogP) is 16.0. The highest BCUT2D eigenvalue weighted by Crippen LogP contribution is 2.44. The van der Waals surface area contributed by atoms with Crippen molar-refractivity contribution < 1.29 is 0 Å². The van der Waals surface area contributed by atoms with Gasteiger partial charge < -0.3 is 9.47 Å². The van der Waals surface area contributed by atoms with Crippen molar-refractivity contribution >= 4 is 60.7 Å². The van der Waals surface area contributed by atoms with E-state index in [1.54, 1.807) is 0 Å². The smallest absolute Gasteiger partial charge is 0.0553 e. The van der Waals surface area contributed by atoms with Crippen LogP contribution in [0, 0.1) is 12.3 Å². The van der Waals surface area contributed by atoms with Crippen LogP contribution in [0.5, 0.6) is 0 Å². The Balaban J connectivity index is 1.17. The molecule has 2 aliphatic carbocycles. The zero-order valence-corrected chi connectivity index (χ0v) is 36.4. The molecule has 0 amide bonds. The van der Waals surface area contributed by atoms with Gasteiger partial charge in [-0.2, -0.15) is 0 Å². The fourth-order valence-corrected chi connectivity index (χ4v) is 9.30. The number of aromatic nitrogens is 1. The van der Waals surface area contributed by atoms with E-state index in [1.165, 1.54) is 60.5 Å². The molecule has 1 unspecified atom stereocenters. The lowest BCUT2D eigenvalue weighted by atomic mass is 9.92. The Labute approximate surface area is 378 Å². The number of para-hydroxylation sites is 1. The van der Waals surface area contributed by atoms with Crippen molar-refractivity contribution in [2.45, 2.75) is 32.2 Å². The lowest BCUT2D eigenvalue weighted by molar-refractivity contribution is 0.725. The molecule has 1 atom stereocenters. The highest BCUT2D eigenvalue weighted by molar-refractivity contribution is 6.23. The fourth-order valence-electron chi connectivity index (χ4n) is 9.30. The van der Waals surface area contributed by atoms with Gasteiger partial charge in [-0.3, -0.25) is 0 Å². The van der Waals surface area contributed by atoms with Crippen LogP contribution in [0.15, 0.2) is 231 Å². The molecule has 9 rings (SSSR count). The number of hydrogen-bond donors (Lipinski definition) is 0. The number of allylic oxidation sites excluding steroid dienone is 16. The molecule has 0 spiro atoms. The van der Waals surface area contributed by atoms with E-state index in [2.05, 4.69) is 247 Å². The van der Waals surface area contributed by atoms with Crippen molar-refractivity contribution in [1.29, 1.82) is 0 Å². The maximum absolute atomic E-state index is 5.82. The Hall–Kier alpha value is -7.86. The Morgan fingerprint density at radius 1 is 0.797 bits per heavy atom. The van der Waals surface area contributed by atoms with Gasteiger partial charge in [-0.05, 0) is 111 Å². The van der Waals surface area contributed by atoms with Crippen LogP contribution in [0.25, 0.3) is 66.1 Å². The third-order valence-corrected chi connectivity index (χ3v) is 12.2. The second-order valence-corrected chi connectivity index (χ2v) is 16.1. The van der Waals surface area contributed by atoms with E-state index in [0.717, 1.165) is 40.8 Å². The summed E-state index contributed by atoms with van der Waals surface area (Å²) in [5.41, 5.74) is 14.1. The Bertz CT molecular complexity index is 3200. The molecule has 0 saturated heterocycles. The van der Waals surface area contributed by atoms with Crippen molar-refractivity contribution in [3.63, 3.8) is 0 Å². The van der Waals surface area contributed by atoms with Gasteiger partial charge >= 0.3 is 0 Å². The van der Waals surface area contributed by atoms with E-state index in [9.17, 15) is 0 Å². The molecule has 2 nitrogen and oxygen atoms in total. The lowest BCUT2D eigenvalue weighted by Gasteiger charge is -2.33. The van der Waals surface area contributed by atoms with Gasteiger partial charge in [-0.25, -0.2) is 0 Å². The summed E-state index contributed by atoms with van der Waals surface area (Å²) in [7, 11) is 0. The number of nitrogens with zero attached hydrogens (tertiary/aromatic N) is 2. The fraction of sp³-hybridized carbons (Fsp3) is 0.0968. The number of rotatable bonds is 13. The minimum atomic E-state index is 0.138. The third-order valence-electron chi connectivity index (χ3n) is 12.2. The van der Waals surface area contributed by atoms with Gasteiger partial charge in [0.15, 0.2) is 0 Å². The van der Waals surface area contributed by atoms with Crippen LogP contribution in [0.4, 0.5) is 5.69 Å². The van der Waals surface area contributed by atoms with Crippen LogP contribution >= 0.6 is 0 Å². The van der Waals surface area contributed by atoms with Gasteiger partial charge in [-0.15, -0.1) is 12.3 Å². The van der Waals surface area contributed by atoms with Crippen LogP contribution in [-0.2, 0) is 0 Å². The summed E-state index contributed by atoms with van der Waals surface area (Å²) in [4.78, 5) is 2.55. The van der Waals surface area contributed by atoms with Crippen LogP contribution in [0.1, 0.15) is 42.9 Å². The van der Waals surface area contributed by atoms with E-state index in [1.807, 2.05) is 6.08 Å². The Morgan fingerprint density at radius 3 is 2.42 bits per heavy atom. The molecule has 64 heavy (non-hydrogen) atoms. The van der Waals surface area contributed by atoms with Gasteiger partial charge in [0, 0.05) is 35.1 Å². The summed E-state index contributed by atoms with van der Waals surface area (Å²) in [5, 5.41) is 4.86. The van der Waals surface area contributed by atoms with Crippen LogP contribution in [-0.4, -0.2) is 17.2 Å². The molecule has 2 aliphatic rings. The van der Waals surface area contributed by atoms with Crippen molar-refractivity contribution in [2.24, 2.45) is 0 Å². The first-order valence-electron chi connectivity index (χ1n) is 22.3. The molecule has 310 valence electrons. The van der Waals surface area contributed by atoms with Gasteiger partial charge in [0.1, 0.15) is 0 Å². The molecule has 0 saturated carbocycles. The number of hydrogen-bond acceptors (Lipinski definition) is 1. The normalized spacial score (nSPS) is 15.5. The zero-order chi connectivity index (χ0) is 43.7. The number of terminal acetylenes is 1. The molecule has 0 aliphatic heterocycles. The molecule has 0 bridgehead atoms. The summed E-state index contributed by atoms with van der Waals surface area (Å²) < 4.78 is 2.38. The molecule has 0 N–H and O–H groups in total. The van der Waals surface area contributed by atoms with Crippen LogP contribution in [0.3, 0.4) is 0 Å². The minimum absolute atomic E-state index is 0.138. The van der Waals surface area contributed by atoms with Crippen LogP contribution < -0.4 is 4.90 Å². The first-order valence-corrected chi connectivity index (χ1v) is 22.3. The van der Waals surface area contributed by atoms with Crippen LogP contribution in [0.2, 0.25) is 0 Å². The summed E-state index contributed by atoms with van der Waals surface area (Å²) in [5.74, 6) is 2.83. The monoisotopic (exact) mass is 824 g/mol. The third kappa shape index (κ3) is 8.50. The van der Waals surface area contributed by atoms with E-state index < -0.39 is 0 Å². The van der Waals surface area contributed by atoms with E-state index in [-0.39, 0.29) is 6.04 Å². The Kier molecular flexibility index (Phi) is 12.6. The van der Waals surface area contributed by atoms with Crippen molar-refractivity contribution in [3.8, 4) is 23.5 Å². The molecule has 7 aromatic rings. The molecular weight excluding hydrogens is 773 g/mol. The highest BCUT2D eigenvalue weighted by Gasteiger charge is 2.22. The standard InChI is InChI=1S/C62H52N2/c1-4-7-32-53(24-6-3)64-59-38-20-19-37-58(59)62-60(64)45-50-29-15-16-36-57(50)61(62)51-30-21-33-54(44-51)63(52-41-39-47(40-42-52)46-25-13-10-14-26-46)43-22-31-48(23-5-2)55-34-17-18-35-56(55)49-27-11-8-9-12-28-49/h1,5-6,8,10-41,44-45,52H,2,7,9,42-43H2,3H3/b24-6-,31-22-,48-23+,53-32+. The van der Waals surface area contributed by atoms with E-state index in [4.69, 9.17) is 6.42 Å². The minimum Gasteiger partial charge on any atom is -0.361 e. The molecule has 1 heterocycles. The average Bonchev–Trinajstić information content (AvgIpc) is 3.45. The first-order chi connectivity index (χ1) is 31.7. The van der Waals surface area contributed by atoms with Gasteiger partial charge in [0.05, 0.1) is 17.1 Å². The van der Waals surface area contributed by atoms with E-state index in [0.29, 0.717) is 13.0 Å². The average molecular weight is 825 g/mol. The SMILES string of the molecule is C#CC/C=C(\C=C/C)n1c2ccccc2c2c(-c3cccc(N(C/C=C\C(=C/C=C)c4ccccc4C4=CC=CCC=C4)C4C=CC(c5ccccc5)=CC4)c3)c3ccccc3cc21. The van der Waals surface area contributed by atoms with Gasteiger partial charge in [-0.1, -0.05) is 195 Å². The molecule has 6 aromatic carbocycles. The predicted molar refractivity (Wildman–Crippen MR) is 279 cm³/mol. The summed E-state index contributed by atoms with van der Waals surface area (Å²) in [6.07, 6.45) is 41.3. The zero-order valence-electron chi connectivity index (χ0n) is 36.4. The lowest BCUT2D eigenvalue weighted by Crippen LogP contribution is -2.34. The van der Waals surface area contributed by atoms with Crippen molar-refractivity contribution in [1.82, 2.24) is 4.57 Å². The molecule has 0 fully saturated rings. The maximum Gasteiger partial charge on any atom is 0.0553 e. The second-order valence-electron chi connectivity index (χ2n) is 16.1. The summed E-state index contributed by atoms with van der Waals surface area (Å²) in [6, 6.07) is 48.6. The summed E-state index contributed by atoms with van der Waals surface area (Å²) in [6.45, 7) is 6.88. The number of fused-ring (bicyclic) bond motifs is 4.